The van der Waals surface area contributed by atoms with Gasteiger partial charge in [0.05, 0.1) is 0 Å². The molecule has 1 aromatic carbocycles. The van der Waals surface area contributed by atoms with E-state index in [2.05, 4.69) is 38.7 Å². The summed E-state index contributed by atoms with van der Waals surface area (Å²) in [7, 11) is 0. The Labute approximate surface area is 136 Å². The molecule has 22 heavy (non-hydrogen) atoms. The maximum absolute atomic E-state index is 12.6. The highest BCUT2D eigenvalue weighted by Crippen LogP contribution is 2.29. The lowest BCUT2D eigenvalue weighted by molar-refractivity contribution is 0.0888. The lowest BCUT2D eigenvalue weighted by Crippen LogP contribution is -2.45. The molecule has 0 heterocycles. The third kappa shape index (κ3) is 5.32. The minimum absolute atomic E-state index is 0.0193. The highest BCUT2D eigenvalue weighted by atomic mass is 16.1. The van der Waals surface area contributed by atoms with Gasteiger partial charge in [0, 0.05) is 11.6 Å². The zero-order valence-electron chi connectivity index (χ0n) is 14.8. The fourth-order valence-corrected chi connectivity index (χ4v) is 2.93. The number of carbonyl (C=O) groups is 1. The number of allylic oxidation sites excluding steroid dienone is 1. The van der Waals surface area contributed by atoms with Gasteiger partial charge in [-0.15, -0.1) is 6.58 Å². The van der Waals surface area contributed by atoms with Crippen molar-refractivity contribution in [2.45, 2.75) is 66.3 Å². The van der Waals surface area contributed by atoms with Crippen molar-refractivity contribution in [3.05, 3.63) is 47.5 Å². The van der Waals surface area contributed by atoms with Gasteiger partial charge in [-0.1, -0.05) is 56.9 Å². The van der Waals surface area contributed by atoms with E-state index in [0.717, 1.165) is 42.4 Å². The molecule has 1 unspecified atom stereocenters. The van der Waals surface area contributed by atoms with Crippen LogP contribution in [0.5, 0.6) is 0 Å². The van der Waals surface area contributed by atoms with Gasteiger partial charge < -0.3 is 5.32 Å². The second kappa shape index (κ2) is 8.17. The smallest absolute Gasteiger partial charge is 0.251 e. The van der Waals surface area contributed by atoms with Crippen molar-refractivity contribution in [2.24, 2.45) is 5.41 Å². The molecule has 2 nitrogen and oxygen atoms in total. The number of hydrogen-bond acceptors (Lipinski definition) is 1. The number of nitrogens with one attached hydrogen (secondary N) is 1. The van der Waals surface area contributed by atoms with Gasteiger partial charge in [-0.05, 0) is 44.2 Å². The van der Waals surface area contributed by atoms with Crippen molar-refractivity contribution in [3.63, 3.8) is 0 Å². The summed E-state index contributed by atoms with van der Waals surface area (Å²) in [6.45, 7) is 14.5. The van der Waals surface area contributed by atoms with Gasteiger partial charge >= 0.3 is 0 Å². The summed E-state index contributed by atoms with van der Waals surface area (Å²) < 4.78 is 0. The van der Waals surface area contributed by atoms with E-state index in [1.54, 1.807) is 0 Å². The van der Waals surface area contributed by atoms with Gasteiger partial charge in [-0.25, -0.2) is 0 Å². The molecule has 0 bridgehead atoms. The molecule has 0 saturated carbocycles. The minimum atomic E-state index is 0.0193. The highest BCUT2D eigenvalue weighted by molar-refractivity contribution is 5.94. The summed E-state index contributed by atoms with van der Waals surface area (Å²) >= 11 is 0. The Morgan fingerprint density at radius 2 is 1.86 bits per heavy atom. The Balaban J connectivity index is 2.92. The fourth-order valence-electron chi connectivity index (χ4n) is 2.93. The number of rotatable bonds is 8. The van der Waals surface area contributed by atoms with E-state index in [9.17, 15) is 4.79 Å². The molecule has 1 aromatic rings. The molecule has 0 fully saturated rings. The zero-order valence-corrected chi connectivity index (χ0v) is 14.8. The van der Waals surface area contributed by atoms with E-state index in [1.807, 2.05) is 32.1 Å². The van der Waals surface area contributed by atoms with Crippen molar-refractivity contribution >= 4 is 5.91 Å². The van der Waals surface area contributed by atoms with Crippen molar-refractivity contribution in [2.75, 3.05) is 0 Å². The number of carbonyl (C=O) groups excluding carboxylic acids is 1. The second-order valence-corrected chi connectivity index (χ2v) is 7.03. The summed E-state index contributed by atoms with van der Waals surface area (Å²) in [6.07, 6.45) is 6.11. The Hall–Kier alpha value is -1.57. The van der Waals surface area contributed by atoms with Crippen molar-refractivity contribution in [1.82, 2.24) is 5.32 Å². The SMILES string of the molecule is C=CCC(C)(C)C(CCCC)NC(=O)c1cc(C)cc(C)c1. The van der Waals surface area contributed by atoms with Crippen LogP contribution in [0, 0.1) is 19.3 Å². The van der Waals surface area contributed by atoms with Gasteiger partial charge in [0.1, 0.15) is 0 Å². The molecule has 2 heteroatoms. The average molecular weight is 301 g/mol. The van der Waals surface area contributed by atoms with Crippen molar-refractivity contribution in [1.29, 1.82) is 0 Å². The molecule has 0 spiro atoms. The van der Waals surface area contributed by atoms with E-state index in [0.29, 0.717) is 0 Å². The van der Waals surface area contributed by atoms with Crippen molar-refractivity contribution < 1.29 is 4.79 Å². The molecule has 0 aromatic heterocycles. The molecule has 0 aliphatic carbocycles. The monoisotopic (exact) mass is 301 g/mol. The van der Waals surface area contributed by atoms with Crippen LogP contribution in [0.25, 0.3) is 0 Å². The Bertz CT molecular complexity index is 496. The molecule has 0 saturated heterocycles. The zero-order chi connectivity index (χ0) is 16.8. The number of hydrogen-bond donors (Lipinski definition) is 1. The summed E-state index contributed by atoms with van der Waals surface area (Å²) in [4.78, 5) is 12.6. The minimum Gasteiger partial charge on any atom is -0.349 e. The van der Waals surface area contributed by atoms with Crippen LogP contribution in [0.1, 0.15) is 67.9 Å². The Morgan fingerprint density at radius 1 is 1.27 bits per heavy atom. The lowest BCUT2D eigenvalue weighted by atomic mass is 9.78. The first-order valence-electron chi connectivity index (χ1n) is 8.30. The van der Waals surface area contributed by atoms with Gasteiger partial charge in [0.15, 0.2) is 0 Å². The lowest BCUT2D eigenvalue weighted by Gasteiger charge is -2.34. The standard InChI is InChI=1S/C20H31NO/c1-7-9-10-18(20(5,6)11-8-2)21-19(22)17-13-15(3)12-16(4)14-17/h8,12-14,18H,2,7,9-11H2,1,3-6H3,(H,21,22). The summed E-state index contributed by atoms with van der Waals surface area (Å²) in [5, 5.41) is 3.26. The number of unbranched alkanes of at least 4 members (excludes halogenated alkanes) is 1. The van der Waals surface area contributed by atoms with Gasteiger partial charge in [-0.3, -0.25) is 4.79 Å². The predicted molar refractivity (Wildman–Crippen MR) is 95.3 cm³/mol. The predicted octanol–water partition coefficient (Wildman–Crippen LogP) is 5.19. The largest absolute Gasteiger partial charge is 0.349 e. The van der Waals surface area contributed by atoms with Gasteiger partial charge in [0.2, 0.25) is 0 Å². The van der Waals surface area contributed by atoms with E-state index < -0.39 is 0 Å². The molecular formula is C20H31NO. The quantitative estimate of drug-likeness (QED) is 0.657. The van der Waals surface area contributed by atoms with Crippen LogP contribution in [0.15, 0.2) is 30.9 Å². The first-order chi connectivity index (χ1) is 10.3. The molecule has 122 valence electrons. The van der Waals surface area contributed by atoms with E-state index >= 15 is 0 Å². The molecule has 0 aliphatic heterocycles. The molecule has 0 radical (unpaired) electrons. The number of amides is 1. The Kier molecular flexibility index (Phi) is 6.86. The first kappa shape index (κ1) is 18.5. The molecule has 1 rings (SSSR count). The summed E-state index contributed by atoms with van der Waals surface area (Å²) in [6, 6.07) is 6.17. The number of aryl methyl sites for hydroxylation is 2. The number of benzene rings is 1. The Morgan fingerprint density at radius 3 is 2.36 bits per heavy atom. The fraction of sp³-hybridized carbons (Fsp3) is 0.550. The first-order valence-corrected chi connectivity index (χ1v) is 8.30. The van der Waals surface area contributed by atoms with E-state index in [-0.39, 0.29) is 17.4 Å². The maximum Gasteiger partial charge on any atom is 0.251 e. The summed E-state index contributed by atoms with van der Waals surface area (Å²) in [5.41, 5.74) is 3.03. The molecule has 1 N–H and O–H groups in total. The topological polar surface area (TPSA) is 29.1 Å². The molecule has 1 amide bonds. The third-order valence-electron chi connectivity index (χ3n) is 4.25. The maximum atomic E-state index is 12.6. The normalized spacial score (nSPS) is 12.8. The van der Waals surface area contributed by atoms with E-state index in [1.165, 1.54) is 0 Å². The average Bonchev–Trinajstić information content (AvgIpc) is 2.41. The van der Waals surface area contributed by atoms with Crippen LogP contribution in [0.3, 0.4) is 0 Å². The van der Waals surface area contributed by atoms with Crippen molar-refractivity contribution in [3.8, 4) is 0 Å². The highest BCUT2D eigenvalue weighted by Gasteiger charge is 2.29. The molecule has 1 atom stereocenters. The molecule has 0 aliphatic rings. The van der Waals surface area contributed by atoms with Gasteiger partial charge in [0.25, 0.3) is 5.91 Å². The van der Waals surface area contributed by atoms with Crippen LogP contribution in [-0.2, 0) is 0 Å². The van der Waals surface area contributed by atoms with E-state index in [4.69, 9.17) is 0 Å². The van der Waals surface area contributed by atoms with Crippen LogP contribution in [0.4, 0.5) is 0 Å². The van der Waals surface area contributed by atoms with Crippen LogP contribution in [-0.4, -0.2) is 11.9 Å². The van der Waals surface area contributed by atoms with Crippen LogP contribution < -0.4 is 5.32 Å². The second-order valence-electron chi connectivity index (χ2n) is 7.03. The summed E-state index contributed by atoms with van der Waals surface area (Å²) in [5.74, 6) is 0.0324. The van der Waals surface area contributed by atoms with Gasteiger partial charge in [-0.2, -0.15) is 0 Å². The van der Waals surface area contributed by atoms with Crippen LogP contribution in [0.2, 0.25) is 0 Å². The third-order valence-corrected chi connectivity index (χ3v) is 4.25. The van der Waals surface area contributed by atoms with Crippen LogP contribution >= 0.6 is 0 Å². The molecular weight excluding hydrogens is 270 g/mol.